The van der Waals surface area contributed by atoms with Crippen LogP contribution in [0.4, 0.5) is 0 Å². The summed E-state index contributed by atoms with van der Waals surface area (Å²) >= 11 is 0. The lowest BCUT2D eigenvalue weighted by atomic mass is 9.86. The van der Waals surface area contributed by atoms with E-state index in [1.54, 1.807) is 0 Å². The quantitative estimate of drug-likeness (QED) is 0.116. The molecular weight excluding hydrogens is 428 g/mol. The number of nitrogens with zero attached hydrogens (tertiary/aromatic N) is 4. The summed E-state index contributed by atoms with van der Waals surface area (Å²) in [5, 5.41) is 5.07. The second-order valence-electron chi connectivity index (χ2n) is 11.8. The molecule has 0 radical (unpaired) electrons. The van der Waals surface area contributed by atoms with Gasteiger partial charge in [-0.25, -0.2) is 11.1 Å². The first kappa shape index (κ1) is 21.8. The molecule has 6 rings (SSSR count). The summed E-state index contributed by atoms with van der Waals surface area (Å²) in [5.41, 5.74) is 8.95. The Hall–Kier alpha value is -3.71. The minimum atomic E-state index is -0.628. The van der Waals surface area contributed by atoms with Crippen molar-refractivity contribution in [1.82, 2.24) is 9.38 Å². The molecule has 3 heterocycles. The minimum absolute atomic E-state index is 0.183. The second-order valence-corrected chi connectivity index (χ2v) is 11.8. The fourth-order valence-electron chi connectivity index (χ4n) is 5.83. The number of aromatic nitrogens is 3. The van der Waals surface area contributed by atoms with E-state index in [1.165, 1.54) is 43.8 Å². The van der Waals surface area contributed by atoms with E-state index in [-0.39, 0.29) is 5.41 Å². The SMILES string of the molecule is [C-]#[N+]C(C)(C)c1cc2nc[n+](C)c3c4c(C)ccc5c6c(CC(C)(C)C)cccc6n(c(c1)c23)c54. The topological polar surface area (TPSA) is 25.5 Å². The van der Waals surface area contributed by atoms with Crippen molar-refractivity contribution in [2.75, 3.05) is 0 Å². The Bertz CT molecular complexity index is 1860. The van der Waals surface area contributed by atoms with Crippen LogP contribution in [0.5, 0.6) is 0 Å². The molecule has 4 nitrogen and oxygen atoms in total. The molecule has 0 spiro atoms. The van der Waals surface area contributed by atoms with Gasteiger partial charge >= 0.3 is 0 Å². The molecule has 0 saturated carbocycles. The molecule has 0 saturated heterocycles. The highest BCUT2D eigenvalue weighted by atomic mass is 15.0. The van der Waals surface area contributed by atoms with E-state index in [0.29, 0.717) is 0 Å². The van der Waals surface area contributed by atoms with E-state index >= 15 is 0 Å². The summed E-state index contributed by atoms with van der Waals surface area (Å²) in [6.07, 6.45) is 2.92. The third kappa shape index (κ3) is 2.97. The van der Waals surface area contributed by atoms with Gasteiger partial charge in [-0.05, 0) is 47.0 Å². The Morgan fingerprint density at radius 1 is 0.971 bits per heavy atom. The molecule has 0 amide bonds. The third-order valence-corrected chi connectivity index (χ3v) is 7.49. The van der Waals surface area contributed by atoms with E-state index in [4.69, 9.17) is 11.6 Å². The minimum Gasteiger partial charge on any atom is -0.308 e. The van der Waals surface area contributed by atoms with E-state index in [0.717, 1.165) is 28.4 Å². The molecule has 0 atom stereocenters. The normalized spacial score (nSPS) is 13.1. The Morgan fingerprint density at radius 3 is 2.46 bits per heavy atom. The summed E-state index contributed by atoms with van der Waals surface area (Å²) in [6, 6.07) is 15.6. The lowest BCUT2D eigenvalue weighted by Crippen LogP contribution is -2.30. The standard InChI is InChI=1S/C31H31N4/c1-18-12-13-21-26-19(16-30(2,3)4)10-9-11-23(26)35-24-15-20(31(5,6)32-7)14-22-27(24)29(25(18)28(21)35)34(8)17-33-22/h9-15,17H,16H2,1-6,8H3/q+1. The van der Waals surface area contributed by atoms with Crippen LogP contribution < -0.4 is 4.57 Å². The molecule has 0 unspecified atom stereocenters. The van der Waals surface area contributed by atoms with Crippen molar-refractivity contribution in [3.8, 4) is 0 Å². The molecule has 0 N–H and O–H groups in total. The molecule has 6 aromatic rings. The van der Waals surface area contributed by atoms with Gasteiger partial charge in [0.15, 0.2) is 5.52 Å². The molecule has 0 aliphatic heterocycles. The zero-order chi connectivity index (χ0) is 24.9. The van der Waals surface area contributed by atoms with Crippen LogP contribution in [0.3, 0.4) is 0 Å². The van der Waals surface area contributed by atoms with E-state index in [1.807, 2.05) is 20.2 Å². The first-order chi connectivity index (χ1) is 16.5. The Labute approximate surface area is 206 Å². The maximum atomic E-state index is 7.84. The zero-order valence-corrected chi connectivity index (χ0v) is 21.6. The Morgan fingerprint density at radius 2 is 1.74 bits per heavy atom. The van der Waals surface area contributed by atoms with E-state index in [9.17, 15) is 0 Å². The number of pyridine rings is 1. The summed E-state index contributed by atoms with van der Waals surface area (Å²) in [6.45, 7) is 20.9. The maximum Gasteiger partial charge on any atom is 0.287 e. The number of aryl methyl sites for hydroxylation is 2. The fraction of sp³-hybridized carbons (Fsp3) is 0.323. The van der Waals surface area contributed by atoms with E-state index in [2.05, 4.69) is 91.0 Å². The average molecular weight is 460 g/mol. The van der Waals surface area contributed by atoms with Crippen molar-refractivity contribution in [3.05, 3.63) is 76.9 Å². The lowest BCUT2D eigenvalue weighted by molar-refractivity contribution is -0.646. The van der Waals surface area contributed by atoms with Gasteiger partial charge in [-0.2, -0.15) is 0 Å². The van der Waals surface area contributed by atoms with Crippen molar-refractivity contribution in [2.45, 2.75) is 53.5 Å². The van der Waals surface area contributed by atoms with Gasteiger partial charge in [0.25, 0.3) is 11.9 Å². The molecule has 3 aromatic heterocycles. The van der Waals surface area contributed by atoms with Crippen molar-refractivity contribution >= 4 is 49.1 Å². The van der Waals surface area contributed by atoms with Gasteiger partial charge in [0.05, 0.1) is 29.0 Å². The summed E-state index contributed by atoms with van der Waals surface area (Å²) in [7, 11) is 2.09. The number of fused-ring (bicyclic) bond motifs is 5. The van der Waals surface area contributed by atoms with Gasteiger partial charge in [0.2, 0.25) is 0 Å². The molecule has 0 aliphatic carbocycles. The maximum absolute atomic E-state index is 7.84. The molecule has 0 bridgehead atoms. The van der Waals surface area contributed by atoms with Crippen molar-refractivity contribution in [1.29, 1.82) is 0 Å². The van der Waals surface area contributed by atoms with Crippen LogP contribution in [-0.2, 0) is 19.0 Å². The van der Waals surface area contributed by atoms with Crippen LogP contribution in [0.15, 0.2) is 48.8 Å². The number of hydrogen-bond donors (Lipinski definition) is 0. The summed E-state index contributed by atoms with van der Waals surface area (Å²) in [5.74, 6) is 0. The van der Waals surface area contributed by atoms with Gasteiger partial charge in [-0.1, -0.05) is 45.0 Å². The second kappa shape index (κ2) is 6.92. The lowest BCUT2D eigenvalue weighted by Gasteiger charge is -2.19. The van der Waals surface area contributed by atoms with Crippen LogP contribution in [0.25, 0.3) is 54.0 Å². The highest BCUT2D eigenvalue weighted by Crippen LogP contribution is 2.43. The number of benzene rings is 3. The number of hydrogen-bond acceptors (Lipinski definition) is 1. The van der Waals surface area contributed by atoms with Crippen LogP contribution >= 0.6 is 0 Å². The van der Waals surface area contributed by atoms with Crippen molar-refractivity contribution in [3.63, 3.8) is 0 Å². The smallest absolute Gasteiger partial charge is 0.287 e. The van der Waals surface area contributed by atoms with Crippen LogP contribution in [-0.4, -0.2) is 9.38 Å². The molecule has 0 aliphatic rings. The highest BCUT2D eigenvalue weighted by Gasteiger charge is 2.31. The van der Waals surface area contributed by atoms with Crippen molar-refractivity contribution < 1.29 is 4.57 Å². The largest absolute Gasteiger partial charge is 0.308 e. The molecule has 174 valence electrons. The fourth-order valence-corrected chi connectivity index (χ4v) is 5.83. The predicted molar refractivity (Wildman–Crippen MR) is 145 cm³/mol. The predicted octanol–water partition coefficient (Wildman–Crippen LogP) is 7.26. The summed E-state index contributed by atoms with van der Waals surface area (Å²) < 4.78 is 4.60. The van der Waals surface area contributed by atoms with Gasteiger partial charge in [-0.15, -0.1) is 0 Å². The van der Waals surface area contributed by atoms with Gasteiger partial charge in [-0.3, -0.25) is 0 Å². The monoisotopic (exact) mass is 459 g/mol. The first-order valence-corrected chi connectivity index (χ1v) is 12.3. The van der Waals surface area contributed by atoms with Crippen molar-refractivity contribution in [2.24, 2.45) is 12.5 Å². The molecule has 0 fully saturated rings. The highest BCUT2D eigenvalue weighted by molar-refractivity contribution is 6.25. The van der Waals surface area contributed by atoms with Gasteiger partial charge in [0, 0.05) is 41.6 Å². The van der Waals surface area contributed by atoms with Gasteiger partial charge in [0.1, 0.15) is 5.52 Å². The molecule has 35 heavy (non-hydrogen) atoms. The van der Waals surface area contributed by atoms with Crippen LogP contribution in [0.1, 0.15) is 51.3 Å². The van der Waals surface area contributed by atoms with E-state index < -0.39 is 5.54 Å². The molecular formula is C31H31N4+. The molecule has 4 heteroatoms. The summed E-state index contributed by atoms with van der Waals surface area (Å²) in [4.78, 5) is 8.79. The molecule has 3 aromatic carbocycles. The number of rotatable bonds is 2. The Balaban J connectivity index is 1.96. The van der Waals surface area contributed by atoms with Crippen LogP contribution in [0, 0.1) is 18.9 Å². The van der Waals surface area contributed by atoms with Crippen LogP contribution in [0.2, 0.25) is 0 Å². The average Bonchev–Trinajstić information content (AvgIpc) is 3.14. The Kier molecular flexibility index (Phi) is 4.31. The zero-order valence-electron chi connectivity index (χ0n) is 21.6. The third-order valence-electron chi connectivity index (χ3n) is 7.49. The first-order valence-electron chi connectivity index (χ1n) is 12.3. The van der Waals surface area contributed by atoms with Gasteiger partial charge < -0.3 is 9.25 Å².